The molecule has 0 saturated carbocycles. The highest BCUT2D eigenvalue weighted by molar-refractivity contribution is 6.01. The third-order valence-corrected chi connectivity index (χ3v) is 4.67. The van der Waals surface area contributed by atoms with E-state index in [1.165, 1.54) is 6.07 Å². The van der Waals surface area contributed by atoms with Gasteiger partial charge in [-0.25, -0.2) is 4.39 Å². The van der Waals surface area contributed by atoms with Crippen LogP contribution in [0, 0.1) is 31.0 Å². The van der Waals surface area contributed by atoms with Crippen molar-refractivity contribution in [3.63, 3.8) is 0 Å². The van der Waals surface area contributed by atoms with E-state index in [0.717, 1.165) is 17.0 Å². The first-order valence-corrected chi connectivity index (χ1v) is 9.19. The van der Waals surface area contributed by atoms with Crippen LogP contribution in [0.25, 0.3) is 6.08 Å². The van der Waals surface area contributed by atoms with Gasteiger partial charge in [0.05, 0.1) is 12.6 Å². The van der Waals surface area contributed by atoms with Crippen LogP contribution < -0.4 is 5.32 Å². The van der Waals surface area contributed by atoms with Gasteiger partial charge < -0.3 is 14.6 Å². The third kappa shape index (κ3) is 5.08. The predicted octanol–water partition coefficient (Wildman–Crippen LogP) is 3.72. The zero-order chi connectivity index (χ0) is 20.7. The summed E-state index contributed by atoms with van der Waals surface area (Å²) < 4.78 is 21.0. The van der Waals surface area contributed by atoms with E-state index >= 15 is 0 Å². The fourth-order valence-electron chi connectivity index (χ4n) is 3.35. The molecule has 148 valence electrons. The molecule has 2 aromatic rings. The second-order valence-corrected chi connectivity index (χ2v) is 6.77. The van der Waals surface area contributed by atoms with E-state index in [1.807, 2.05) is 26.0 Å². The van der Waals surface area contributed by atoms with Crippen molar-refractivity contribution >= 4 is 12.0 Å². The summed E-state index contributed by atoms with van der Waals surface area (Å²) in [6, 6.07) is 10.5. The van der Waals surface area contributed by atoms with E-state index in [1.54, 1.807) is 31.4 Å². The van der Waals surface area contributed by atoms with E-state index in [2.05, 4.69) is 16.8 Å². The Morgan fingerprint density at radius 1 is 1.39 bits per heavy atom. The first kappa shape index (κ1) is 21.4. The van der Waals surface area contributed by atoms with Crippen LogP contribution in [0.15, 0.2) is 35.9 Å². The van der Waals surface area contributed by atoms with Crippen LogP contribution in [0.1, 0.15) is 35.5 Å². The van der Waals surface area contributed by atoms with Crippen molar-refractivity contribution in [2.75, 3.05) is 20.3 Å². The highest BCUT2D eigenvalue weighted by atomic mass is 19.1. The van der Waals surface area contributed by atoms with Gasteiger partial charge in [-0.3, -0.25) is 4.79 Å². The fourth-order valence-corrected chi connectivity index (χ4v) is 3.35. The molecule has 0 spiro atoms. The van der Waals surface area contributed by atoms with Crippen molar-refractivity contribution in [3.8, 4) is 6.07 Å². The number of ether oxygens (including phenoxy) is 1. The van der Waals surface area contributed by atoms with Crippen molar-refractivity contribution in [2.24, 2.45) is 0 Å². The lowest BCUT2D eigenvalue weighted by molar-refractivity contribution is -0.117. The van der Waals surface area contributed by atoms with Crippen LogP contribution in [0.5, 0.6) is 0 Å². The third-order valence-electron chi connectivity index (χ3n) is 4.67. The molecule has 0 fully saturated rings. The number of rotatable bonds is 8. The van der Waals surface area contributed by atoms with Crippen molar-refractivity contribution < 1.29 is 13.9 Å². The Hall–Kier alpha value is -2.91. The Labute approximate surface area is 165 Å². The summed E-state index contributed by atoms with van der Waals surface area (Å²) in [7, 11) is 1.66. The highest BCUT2D eigenvalue weighted by Gasteiger charge is 2.15. The van der Waals surface area contributed by atoms with Crippen LogP contribution in [0.3, 0.4) is 0 Å². The minimum Gasteiger partial charge on any atom is -0.383 e. The maximum absolute atomic E-state index is 13.6. The number of hydrogen-bond acceptors (Lipinski definition) is 3. The summed E-state index contributed by atoms with van der Waals surface area (Å²) >= 11 is 0. The minimum absolute atomic E-state index is 0.0215. The summed E-state index contributed by atoms with van der Waals surface area (Å²) in [6.45, 7) is 6.81. The number of methoxy groups -OCH3 is 1. The van der Waals surface area contributed by atoms with E-state index in [4.69, 9.17) is 4.74 Å². The number of hydrogen-bond donors (Lipinski definition) is 1. The van der Waals surface area contributed by atoms with Crippen LogP contribution in [-0.4, -0.2) is 30.7 Å². The molecule has 1 N–H and O–H groups in total. The Balaban J connectivity index is 2.11. The summed E-state index contributed by atoms with van der Waals surface area (Å²) in [5.74, 6) is -0.765. The van der Waals surface area contributed by atoms with Gasteiger partial charge in [0.15, 0.2) is 0 Å². The molecule has 1 unspecified atom stereocenters. The van der Waals surface area contributed by atoms with E-state index < -0.39 is 5.91 Å². The zero-order valence-electron chi connectivity index (χ0n) is 16.8. The fraction of sp³-hybridized carbons (Fsp3) is 0.364. The SMILES string of the molecule is COCC(C)n1c(C)cc(/C=C(/C#N)C(=O)NCCc2ccccc2F)c1C. The lowest BCUT2D eigenvalue weighted by Gasteiger charge is -2.17. The quantitative estimate of drug-likeness (QED) is 0.558. The molecule has 0 aliphatic heterocycles. The summed E-state index contributed by atoms with van der Waals surface area (Å²) in [4.78, 5) is 12.4. The van der Waals surface area contributed by atoms with Gasteiger partial charge in [-0.2, -0.15) is 5.26 Å². The van der Waals surface area contributed by atoms with Gasteiger partial charge in [0.25, 0.3) is 5.91 Å². The molecule has 0 aliphatic rings. The number of nitriles is 1. The minimum atomic E-state index is -0.464. The van der Waals surface area contributed by atoms with Gasteiger partial charge in [-0.15, -0.1) is 0 Å². The Kier molecular flexibility index (Phi) is 7.53. The normalized spacial score (nSPS) is 12.5. The largest absolute Gasteiger partial charge is 0.383 e. The van der Waals surface area contributed by atoms with Crippen LogP contribution in [0.2, 0.25) is 0 Å². The number of carbonyl (C=O) groups is 1. The van der Waals surface area contributed by atoms with Gasteiger partial charge in [0, 0.05) is 25.0 Å². The Bertz CT molecular complexity index is 909. The molecule has 1 aromatic heterocycles. The molecule has 0 saturated heterocycles. The van der Waals surface area contributed by atoms with Crippen LogP contribution in [-0.2, 0) is 16.0 Å². The van der Waals surface area contributed by atoms with Gasteiger partial charge in [-0.05, 0) is 56.5 Å². The molecule has 6 heteroatoms. The smallest absolute Gasteiger partial charge is 0.261 e. The van der Waals surface area contributed by atoms with Gasteiger partial charge in [0.2, 0.25) is 0 Å². The number of benzene rings is 1. The molecule has 28 heavy (non-hydrogen) atoms. The topological polar surface area (TPSA) is 67.0 Å². The Morgan fingerprint density at radius 3 is 2.75 bits per heavy atom. The first-order valence-electron chi connectivity index (χ1n) is 9.19. The standard InChI is InChI=1S/C22H26FN3O2/c1-15-11-19(17(3)26(15)16(2)14-28-4)12-20(13-24)22(27)25-10-9-18-7-5-6-8-21(18)23/h5-8,11-12,16H,9-10,14H2,1-4H3,(H,25,27)/b20-12-. The molecule has 0 aliphatic carbocycles. The monoisotopic (exact) mass is 383 g/mol. The van der Waals surface area contributed by atoms with Crippen LogP contribution >= 0.6 is 0 Å². The molecule has 1 heterocycles. The van der Waals surface area contributed by atoms with Crippen molar-refractivity contribution in [1.29, 1.82) is 5.26 Å². The average molecular weight is 383 g/mol. The number of amides is 1. The lowest BCUT2D eigenvalue weighted by Crippen LogP contribution is -2.27. The second-order valence-electron chi connectivity index (χ2n) is 6.77. The number of aromatic nitrogens is 1. The molecule has 1 aromatic carbocycles. The van der Waals surface area contributed by atoms with Crippen molar-refractivity contribution in [1.82, 2.24) is 9.88 Å². The second kappa shape index (κ2) is 9.86. The van der Waals surface area contributed by atoms with Gasteiger partial charge in [0.1, 0.15) is 17.5 Å². The number of nitrogens with zero attached hydrogens (tertiary/aromatic N) is 2. The Morgan fingerprint density at radius 2 is 2.11 bits per heavy atom. The van der Waals surface area contributed by atoms with Crippen LogP contribution in [0.4, 0.5) is 4.39 Å². The lowest BCUT2D eigenvalue weighted by atomic mass is 10.1. The van der Waals surface area contributed by atoms with Gasteiger partial charge >= 0.3 is 0 Å². The summed E-state index contributed by atoms with van der Waals surface area (Å²) in [5.41, 5.74) is 3.37. The first-order chi connectivity index (χ1) is 13.4. The molecular formula is C22H26FN3O2. The summed E-state index contributed by atoms with van der Waals surface area (Å²) in [6.07, 6.45) is 1.96. The average Bonchev–Trinajstić information content (AvgIpc) is 2.94. The van der Waals surface area contributed by atoms with Crippen molar-refractivity contribution in [2.45, 2.75) is 33.2 Å². The summed E-state index contributed by atoms with van der Waals surface area (Å²) in [5, 5.41) is 12.1. The molecule has 0 bridgehead atoms. The molecule has 5 nitrogen and oxygen atoms in total. The van der Waals surface area contributed by atoms with Crippen molar-refractivity contribution in [3.05, 3.63) is 64.2 Å². The van der Waals surface area contributed by atoms with E-state index in [0.29, 0.717) is 18.6 Å². The highest BCUT2D eigenvalue weighted by Crippen LogP contribution is 2.22. The zero-order valence-corrected chi connectivity index (χ0v) is 16.8. The number of carbonyl (C=O) groups excluding carboxylic acids is 1. The van der Waals surface area contributed by atoms with E-state index in [-0.39, 0.29) is 24.0 Å². The maximum Gasteiger partial charge on any atom is 0.261 e. The van der Waals surface area contributed by atoms with Gasteiger partial charge in [-0.1, -0.05) is 18.2 Å². The number of halogens is 1. The maximum atomic E-state index is 13.6. The number of nitrogens with one attached hydrogen (secondary N) is 1. The number of aryl methyl sites for hydroxylation is 1. The van der Waals surface area contributed by atoms with E-state index in [9.17, 15) is 14.4 Å². The molecular weight excluding hydrogens is 357 g/mol. The molecule has 1 amide bonds. The molecule has 0 radical (unpaired) electrons. The molecule has 1 atom stereocenters. The molecule has 2 rings (SSSR count). The predicted molar refractivity (Wildman–Crippen MR) is 107 cm³/mol.